The summed E-state index contributed by atoms with van der Waals surface area (Å²) in [4.78, 5) is 2.49. The average molecular weight is 317 g/mol. The topological polar surface area (TPSA) is 30.9 Å². The van der Waals surface area contributed by atoms with E-state index in [1.165, 1.54) is 12.8 Å². The van der Waals surface area contributed by atoms with Crippen molar-refractivity contribution < 1.29 is 14.2 Å². The van der Waals surface area contributed by atoms with Gasteiger partial charge in [-0.05, 0) is 37.9 Å². The van der Waals surface area contributed by atoms with E-state index in [1.807, 2.05) is 30.3 Å². The lowest BCUT2D eigenvalue weighted by atomic mass is 9.77. The molecular weight excluding hydrogens is 290 g/mol. The Morgan fingerprint density at radius 1 is 1.39 bits per heavy atom. The fourth-order valence-electron chi connectivity index (χ4n) is 3.86. The van der Waals surface area contributed by atoms with E-state index in [9.17, 15) is 0 Å². The van der Waals surface area contributed by atoms with Gasteiger partial charge in [0, 0.05) is 25.6 Å². The zero-order valence-electron chi connectivity index (χ0n) is 14.0. The third-order valence-corrected chi connectivity index (χ3v) is 4.80. The van der Waals surface area contributed by atoms with Gasteiger partial charge in [0.25, 0.3) is 0 Å². The van der Waals surface area contributed by atoms with E-state index in [2.05, 4.69) is 11.5 Å². The predicted octanol–water partition coefficient (Wildman–Crippen LogP) is 3.13. The van der Waals surface area contributed by atoms with Crippen molar-refractivity contribution in [2.75, 3.05) is 40.0 Å². The molecule has 1 aromatic carbocycles. The molecule has 4 nitrogen and oxygen atoms in total. The van der Waals surface area contributed by atoms with Crippen molar-refractivity contribution >= 4 is 0 Å². The smallest absolute Gasteiger partial charge is 0.161 e. The molecule has 0 amide bonds. The largest absolute Gasteiger partial charge is 0.486 e. The second-order valence-corrected chi connectivity index (χ2v) is 6.76. The first-order valence-electron chi connectivity index (χ1n) is 8.45. The lowest BCUT2D eigenvalue weighted by Gasteiger charge is -2.43. The van der Waals surface area contributed by atoms with Crippen molar-refractivity contribution in [2.24, 2.45) is 5.41 Å². The summed E-state index contributed by atoms with van der Waals surface area (Å²) in [6.07, 6.45) is 5.52. The molecule has 126 valence electrons. The Kier molecular flexibility index (Phi) is 5.23. The van der Waals surface area contributed by atoms with Crippen LogP contribution in [0.3, 0.4) is 0 Å². The summed E-state index contributed by atoms with van der Waals surface area (Å²) in [5.74, 6) is 1.71. The minimum Gasteiger partial charge on any atom is -0.486 e. The Labute approximate surface area is 139 Å². The maximum Gasteiger partial charge on any atom is 0.161 e. The Bertz CT molecular complexity index is 529. The van der Waals surface area contributed by atoms with E-state index in [0.717, 1.165) is 44.2 Å². The predicted molar refractivity (Wildman–Crippen MR) is 91.2 cm³/mol. The van der Waals surface area contributed by atoms with Crippen molar-refractivity contribution in [3.8, 4) is 11.5 Å². The number of likely N-dealkylation sites (tertiary alicyclic amines) is 1. The molecule has 0 bridgehead atoms. The molecule has 3 rings (SSSR count). The maximum absolute atomic E-state index is 6.10. The van der Waals surface area contributed by atoms with Crippen molar-refractivity contribution in [2.45, 2.75) is 25.4 Å². The second kappa shape index (κ2) is 7.37. The molecule has 1 aromatic rings. The van der Waals surface area contributed by atoms with Gasteiger partial charge in [0.1, 0.15) is 12.7 Å². The van der Waals surface area contributed by atoms with Gasteiger partial charge in [-0.25, -0.2) is 0 Å². The number of allylic oxidation sites excluding steroid dienone is 1. The van der Waals surface area contributed by atoms with Crippen LogP contribution in [-0.4, -0.2) is 51.0 Å². The Morgan fingerprint density at radius 3 is 3.00 bits per heavy atom. The lowest BCUT2D eigenvalue weighted by molar-refractivity contribution is -0.00980. The third-order valence-electron chi connectivity index (χ3n) is 4.80. The Morgan fingerprint density at radius 2 is 2.22 bits per heavy atom. The van der Waals surface area contributed by atoms with Gasteiger partial charge in [-0.1, -0.05) is 18.2 Å². The SMILES string of the molecule is C=CCC1(COC)CCCN(CC2COc3ccccc3O2)C1. The van der Waals surface area contributed by atoms with Crippen molar-refractivity contribution in [1.82, 2.24) is 4.90 Å². The summed E-state index contributed by atoms with van der Waals surface area (Å²) in [7, 11) is 1.79. The average Bonchev–Trinajstić information content (AvgIpc) is 2.55. The summed E-state index contributed by atoms with van der Waals surface area (Å²) < 4.78 is 17.4. The summed E-state index contributed by atoms with van der Waals surface area (Å²) in [6.45, 7) is 8.39. The molecule has 0 saturated carbocycles. The van der Waals surface area contributed by atoms with E-state index in [-0.39, 0.29) is 11.5 Å². The number of fused-ring (bicyclic) bond motifs is 1. The van der Waals surface area contributed by atoms with Gasteiger partial charge in [0.15, 0.2) is 11.5 Å². The van der Waals surface area contributed by atoms with Gasteiger partial charge in [0.2, 0.25) is 0 Å². The first-order valence-corrected chi connectivity index (χ1v) is 8.45. The summed E-state index contributed by atoms with van der Waals surface area (Å²) in [5, 5.41) is 0. The number of hydrogen-bond acceptors (Lipinski definition) is 4. The summed E-state index contributed by atoms with van der Waals surface area (Å²) in [6, 6.07) is 7.89. The van der Waals surface area contributed by atoms with Crippen LogP contribution in [0.5, 0.6) is 11.5 Å². The van der Waals surface area contributed by atoms with E-state index < -0.39 is 0 Å². The number of para-hydroxylation sites is 2. The number of nitrogens with zero attached hydrogens (tertiary/aromatic N) is 1. The van der Waals surface area contributed by atoms with Crippen molar-refractivity contribution in [3.63, 3.8) is 0 Å². The number of ether oxygens (including phenoxy) is 3. The fourth-order valence-corrected chi connectivity index (χ4v) is 3.86. The highest BCUT2D eigenvalue weighted by atomic mass is 16.6. The first-order chi connectivity index (χ1) is 11.2. The second-order valence-electron chi connectivity index (χ2n) is 6.76. The molecule has 1 saturated heterocycles. The molecule has 4 heteroatoms. The number of hydrogen-bond donors (Lipinski definition) is 0. The minimum absolute atomic E-state index is 0.0898. The molecule has 0 aromatic heterocycles. The van der Waals surface area contributed by atoms with Gasteiger partial charge in [-0.2, -0.15) is 0 Å². The zero-order valence-corrected chi connectivity index (χ0v) is 14.0. The number of rotatable bonds is 6. The van der Waals surface area contributed by atoms with Crippen LogP contribution in [0.1, 0.15) is 19.3 Å². The van der Waals surface area contributed by atoms with Gasteiger partial charge < -0.3 is 14.2 Å². The van der Waals surface area contributed by atoms with Gasteiger partial charge in [0.05, 0.1) is 6.61 Å². The van der Waals surface area contributed by atoms with E-state index in [4.69, 9.17) is 14.2 Å². The lowest BCUT2D eigenvalue weighted by Crippen LogP contribution is -2.50. The van der Waals surface area contributed by atoms with E-state index in [1.54, 1.807) is 7.11 Å². The quantitative estimate of drug-likeness (QED) is 0.754. The van der Waals surface area contributed by atoms with Crippen LogP contribution in [-0.2, 0) is 4.74 Å². The van der Waals surface area contributed by atoms with Crippen LogP contribution in [0.25, 0.3) is 0 Å². The van der Waals surface area contributed by atoms with Crippen LogP contribution >= 0.6 is 0 Å². The van der Waals surface area contributed by atoms with Crippen molar-refractivity contribution in [3.05, 3.63) is 36.9 Å². The van der Waals surface area contributed by atoms with Crippen molar-refractivity contribution in [1.29, 1.82) is 0 Å². The molecule has 1 fully saturated rings. The number of methoxy groups -OCH3 is 1. The number of benzene rings is 1. The number of piperidine rings is 1. The fraction of sp³-hybridized carbons (Fsp3) is 0.579. The van der Waals surface area contributed by atoms with Crippen LogP contribution in [0, 0.1) is 5.41 Å². The van der Waals surface area contributed by atoms with Crippen LogP contribution in [0.15, 0.2) is 36.9 Å². The van der Waals surface area contributed by atoms with Crippen LogP contribution in [0.2, 0.25) is 0 Å². The van der Waals surface area contributed by atoms with Gasteiger partial charge >= 0.3 is 0 Å². The highest BCUT2D eigenvalue weighted by molar-refractivity contribution is 5.40. The molecule has 23 heavy (non-hydrogen) atoms. The van der Waals surface area contributed by atoms with Gasteiger partial charge in [-0.3, -0.25) is 4.90 Å². The maximum atomic E-state index is 6.10. The molecule has 0 radical (unpaired) electrons. The molecule has 0 N–H and O–H groups in total. The molecule has 2 aliphatic rings. The first kappa shape index (κ1) is 16.3. The molecule has 2 atom stereocenters. The summed E-state index contributed by atoms with van der Waals surface area (Å²) in [5.41, 5.74) is 0.197. The third kappa shape index (κ3) is 3.88. The molecule has 2 unspecified atom stereocenters. The standard InChI is InChI=1S/C19H27NO3/c1-3-9-19(15-21-2)10-6-11-20(14-19)12-16-13-22-17-7-4-5-8-18(17)23-16/h3-5,7-8,16H,1,6,9-15H2,2H3. The Hall–Kier alpha value is -1.52. The zero-order chi connectivity index (χ0) is 16.1. The van der Waals surface area contributed by atoms with Crippen LogP contribution < -0.4 is 9.47 Å². The minimum atomic E-state index is 0.0898. The molecule has 2 heterocycles. The van der Waals surface area contributed by atoms with Gasteiger partial charge in [-0.15, -0.1) is 6.58 Å². The highest BCUT2D eigenvalue weighted by Crippen LogP contribution is 2.35. The molecule has 0 aliphatic carbocycles. The van der Waals surface area contributed by atoms with Crippen LogP contribution in [0.4, 0.5) is 0 Å². The highest BCUT2D eigenvalue weighted by Gasteiger charge is 2.36. The summed E-state index contributed by atoms with van der Waals surface area (Å²) >= 11 is 0. The normalized spacial score (nSPS) is 27.6. The Balaban J connectivity index is 1.61. The molecule has 2 aliphatic heterocycles. The van der Waals surface area contributed by atoms with E-state index >= 15 is 0 Å². The van der Waals surface area contributed by atoms with E-state index in [0.29, 0.717) is 6.61 Å². The molecular formula is C19H27NO3. The molecule has 0 spiro atoms. The monoisotopic (exact) mass is 317 g/mol.